The van der Waals surface area contributed by atoms with E-state index in [1.165, 1.54) is 0 Å². The molecule has 0 unspecified atom stereocenters. The second-order valence-corrected chi connectivity index (χ2v) is 4.82. The lowest BCUT2D eigenvalue weighted by atomic mass is 10.0. The highest BCUT2D eigenvalue weighted by atomic mass is 35.5. The predicted octanol–water partition coefficient (Wildman–Crippen LogP) is 4.22. The molecule has 0 saturated heterocycles. The molecule has 1 aromatic heterocycles. The molecule has 3 nitrogen and oxygen atoms in total. The molecule has 0 aliphatic rings. The Morgan fingerprint density at radius 3 is 2.70 bits per heavy atom. The highest BCUT2D eigenvalue weighted by molar-refractivity contribution is 6.31. The van der Waals surface area contributed by atoms with Crippen LogP contribution in [0.15, 0.2) is 42.5 Å². The molecule has 0 fully saturated rings. The third-order valence-corrected chi connectivity index (χ3v) is 3.36. The average molecular weight is 286 g/mol. The minimum Gasteiger partial charge on any atom is -0.462 e. The summed E-state index contributed by atoms with van der Waals surface area (Å²) in [5.74, 6) is -0.349. The molecule has 0 aliphatic carbocycles. The molecule has 20 heavy (non-hydrogen) atoms. The van der Waals surface area contributed by atoms with Gasteiger partial charge in [0.05, 0.1) is 23.2 Å². The van der Waals surface area contributed by atoms with Gasteiger partial charge in [-0.05, 0) is 31.2 Å². The quantitative estimate of drug-likeness (QED) is 0.523. The van der Waals surface area contributed by atoms with Crippen molar-refractivity contribution in [2.45, 2.75) is 6.92 Å². The fraction of sp³-hybridized carbons (Fsp3) is 0.125. The number of para-hydroxylation sites is 1. The van der Waals surface area contributed by atoms with Crippen molar-refractivity contribution < 1.29 is 9.53 Å². The lowest BCUT2D eigenvalue weighted by molar-refractivity contribution is 0.0531. The van der Waals surface area contributed by atoms with E-state index in [-0.39, 0.29) is 5.97 Å². The van der Waals surface area contributed by atoms with Crippen LogP contribution in [0, 0.1) is 0 Å². The van der Waals surface area contributed by atoms with Gasteiger partial charge in [-0.1, -0.05) is 29.8 Å². The number of nitrogens with zero attached hydrogens (tertiary/aromatic N) is 1. The molecule has 3 aromatic rings. The third-order valence-electron chi connectivity index (χ3n) is 3.12. The SMILES string of the molecule is CCOC(=O)c1c2ccccc2nc2ccc(Cl)cc12. The molecule has 3 rings (SSSR count). The highest BCUT2D eigenvalue weighted by Crippen LogP contribution is 2.28. The van der Waals surface area contributed by atoms with Crippen LogP contribution in [0.1, 0.15) is 17.3 Å². The number of aromatic nitrogens is 1. The van der Waals surface area contributed by atoms with Crippen molar-refractivity contribution in [3.05, 3.63) is 53.1 Å². The van der Waals surface area contributed by atoms with E-state index in [9.17, 15) is 4.79 Å². The summed E-state index contributed by atoms with van der Waals surface area (Å²) in [6.07, 6.45) is 0. The van der Waals surface area contributed by atoms with Gasteiger partial charge in [-0.3, -0.25) is 0 Å². The summed E-state index contributed by atoms with van der Waals surface area (Å²) in [5.41, 5.74) is 2.02. The van der Waals surface area contributed by atoms with Crippen LogP contribution >= 0.6 is 11.6 Å². The fourth-order valence-electron chi connectivity index (χ4n) is 2.29. The van der Waals surface area contributed by atoms with Crippen LogP contribution in [0.3, 0.4) is 0 Å². The van der Waals surface area contributed by atoms with Crippen molar-refractivity contribution >= 4 is 39.4 Å². The maximum absolute atomic E-state index is 12.3. The lowest BCUT2D eigenvalue weighted by Gasteiger charge is -2.10. The molecule has 0 amide bonds. The van der Waals surface area contributed by atoms with Crippen molar-refractivity contribution in [3.8, 4) is 0 Å². The molecule has 4 heteroatoms. The van der Waals surface area contributed by atoms with Crippen LogP contribution in [-0.4, -0.2) is 17.6 Å². The van der Waals surface area contributed by atoms with Crippen molar-refractivity contribution in [3.63, 3.8) is 0 Å². The zero-order valence-corrected chi connectivity index (χ0v) is 11.6. The Hall–Kier alpha value is -2.13. The van der Waals surface area contributed by atoms with Crippen LogP contribution in [0.2, 0.25) is 5.02 Å². The van der Waals surface area contributed by atoms with E-state index in [1.54, 1.807) is 19.1 Å². The fourth-order valence-corrected chi connectivity index (χ4v) is 2.46. The molecule has 0 aliphatic heterocycles. The summed E-state index contributed by atoms with van der Waals surface area (Å²) in [6, 6.07) is 12.9. The molecular formula is C16H12ClNO2. The van der Waals surface area contributed by atoms with Crippen LogP contribution in [0.4, 0.5) is 0 Å². The maximum Gasteiger partial charge on any atom is 0.339 e. The Morgan fingerprint density at radius 2 is 1.90 bits per heavy atom. The first-order chi connectivity index (χ1) is 9.70. The van der Waals surface area contributed by atoms with Gasteiger partial charge in [-0.15, -0.1) is 0 Å². The normalized spacial score (nSPS) is 10.9. The van der Waals surface area contributed by atoms with E-state index >= 15 is 0 Å². The Labute approximate surface area is 121 Å². The van der Waals surface area contributed by atoms with Gasteiger partial charge in [0.1, 0.15) is 0 Å². The number of carbonyl (C=O) groups is 1. The molecule has 1 heterocycles. The van der Waals surface area contributed by atoms with Crippen molar-refractivity contribution in [2.24, 2.45) is 0 Å². The lowest BCUT2D eigenvalue weighted by Crippen LogP contribution is -2.07. The smallest absolute Gasteiger partial charge is 0.339 e. The number of hydrogen-bond acceptors (Lipinski definition) is 3. The van der Waals surface area contributed by atoms with Crippen LogP contribution < -0.4 is 0 Å². The molecule has 0 saturated carbocycles. The zero-order chi connectivity index (χ0) is 14.1. The van der Waals surface area contributed by atoms with Gasteiger partial charge >= 0.3 is 5.97 Å². The molecule has 100 valence electrons. The Morgan fingerprint density at radius 1 is 1.15 bits per heavy atom. The van der Waals surface area contributed by atoms with Crippen LogP contribution in [0.5, 0.6) is 0 Å². The summed E-state index contributed by atoms with van der Waals surface area (Å²) in [4.78, 5) is 16.8. The number of halogens is 1. The standard InChI is InChI=1S/C16H12ClNO2/c1-2-20-16(19)15-11-5-3-4-6-13(11)18-14-8-7-10(17)9-12(14)15/h3-9H,2H2,1H3. The highest BCUT2D eigenvalue weighted by Gasteiger charge is 2.17. The van der Waals surface area contributed by atoms with Gasteiger partial charge in [0.15, 0.2) is 0 Å². The first-order valence-electron chi connectivity index (χ1n) is 6.36. The zero-order valence-electron chi connectivity index (χ0n) is 10.9. The molecular weight excluding hydrogens is 274 g/mol. The van der Waals surface area contributed by atoms with E-state index in [4.69, 9.17) is 16.3 Å². The summed E-state index contributed by atoms with van der Waals surface area (Å²) in [5, 5.41) is 2.07. The van der Waals surface area contributed by atoms with Gasteiger partial charge in [0.2, 0.25) is 0 Å². The van der Waals surface area contributed by atoms with Gasteiger partial charge < -0.3 is 4.74 Å². The third kappa shape index (κ3) is 2.10. The topological polar surface area (TPSA) is 39.2 Å². The number of fused-ring (bicyclic) bond motifs is 2. The monoisotopic (exact) mass is 285 g/mol. The van der Waals surface area contributed by atoms with Gasteiger partial charge in [-0.25, -0.2) is 9.78 Å². The Bertz CT molecular complexity index is 814. The first-order valence-corrected chi connectivity index (χ1v) is 6.73. The summed E-state index contributed by atoms with van der Waals surface area (Å²) < 4.78 is 5.17. The molecule has 0 N–H and O–H groups in total. The molecule has 0 bridgehead atoms. The largest absolute Gasteiger partial charge is 0.462 e. The average Bonchev–Trinajstić information content (AvgIpc) is 2.45. The molecule has 2 aromatic carbocycles. The number of esters is 1. The molecule has 0 radical (unpaired) electrons. The van der Waals surface area contributed by atoms with Crippen molar-refractivity contribution in [1.82, 2.24) is 4.98 Å². The van der Waals surface area contributed by atoms with Gasteiger partial charge in [0, 0.05) is 15.8 Å². The number of carbonyl (C=O) groups excluding carboxylic acids is 1. The minimum atomic E-state index is -0.349. The molecule has 0 atom stereocenters. The van der Waals surface area contributed by atoms with E-state index in [0.717, 1.165) is 21.8 Å². The van der Waals surface area contributed by atoms with Crippen LogP contribution in [0.25, 0.3) is 21.8 Å². The second-order valence-electron chi connectivity index (χ2n) is 4.39. The van der Waals surface area contributed by atoms with Gasteiger partial charge in [0.25, 0.3) is 0 Å². The van der Waals surface area contributed by atoms with Crippen molar-refractivity contribution in [1.29, 1.82) is 0 Å². The Kier molecular flexibility index (Phi) is 3.28. The maximum atomic E-state index is 12.3. The Balaban J connectivity index is 2.44. The first kappa shape index (κ1) is 12.9. The summed E-state index contributed by atoms with van der Waals surface area (Å²) >= 11 is 6.04. The van der Waals surface area contributed by atoms with Crippen molar-refractivity contribution in [2.75, 3.05) is 6.61 Å². The number of ether oxygens (including phenoxy) is 1. The second kappa shape index (κ2) is 5.10. The van der Waals surface area contributed by atoms with E-state index in [1.807, 2.05) is 30.3 Å². The predicted molar refractivity (Wildman–Crippen MR) is 80.2 cm³/mol. The number of benzene rings is 2. The molecule has 0 spiro atoms. The van der Waals surface area contributed by atoms with E-state index in [2.05, 4.69) is 4.98 Å². The van der Waals surface area contributed by atoms with Crippen LogP contribution in [-0.2, 0) is 4.74 Å². The minimum absolute atomic E-state index is 0.331. The number of rotatable bonds is 2. The summed E-state index contributed by atoms with van der Waals surface area (Å²) in [6.45, 7) is 2.12. The summed E-state index contributed by atoms with van der Waals surface area (Å²) in [7, 11) is 0. The number of pyridine rings is 1. The van der Waals surface area contributed by atoms with Gasteiger partial charge in [-0.2, -0.15) is 0 Å². The number of hydrogen-bond donors (Lipinski definition) is 0. The van der Waals surface area contributed by atoms with E-state index in [0.29, 0.717) is 17.2 Å². The van der Waals surface area contributed by atoms with E-state index < -0.39 is 0 Å².